The number of rotatable bonds is 6. The van der Waals surface area contributed by atoms with Crippen LogP contribution >= 0.6 is 11.6 Å². The lowest BCUT2D eigenvalue weighted by Crippen LogP contribution is -2.13. The fourth-order valence-corrected chi connectivity index (χ4v) is 3.95. The van der Waals surface area contributed by atoms with Gasteiger partial charge in [0, 0.05) is 23.3 Å². The van der Waals surface area contributed by atoms with E-state index in [4.69, 9.17) is 11.6 Å². The molecule has 0 saturated heterocycles. The first kappa shape index (κ1) is 22.2. The largest absolute Gasteiger partial charge is 0.373 e. The predicted molar refractivity (Wildman–Crippen MR) is 127 cm³/mol. The van der Waals surface area contributed by atoms with E-state index in [1.54, 1.807) is 18.3 Å². The van der Waals surface area contributed by atoms with Crippen molar-refractivity contribution in [2.75, 3.05) is 10.6 Å². The number of nitrogens with one attached hydrogen (secondary N) is 3. The number of nitrogens with zero attached hydrogens (tertiary/aromatic N) is 5. The molecule has 0 aliphatic carbocycles. The van der Waals surface area contributed by atoms with Crippen LogP contribution in [0.4, 0.5) is 25.8 Å². The topological polar surface area (TPSA) is 115 Å². The van der Waals surface area contributed by atoms with Crippen molar-refractivity contribution in [2.45, 2.75) is 6.04 Å². The standard InChI is InChI=1S/C24H15ClF2N8/c25-18-7-15(32-22(20-12-31-35-34-20)13-4-2-1-3-5-13)6-17-21(14(9-28)10-29-23(17)18)33-16-8-19(26)24(27)30-11-16/h1-8,10-12,22,32H,(H,29,33)(H,31,34,35)/t22-/m0/s1. The minimum absolute atomic E-state index is 0.159. The van der Waals surface area contributed by atoms with Gasteiger partial charge in [-0.2, -0.15) is 25.1 Å². The molecule has 0 fully saturated rings. The van der Waals surface area contributed by atoms with Crippen LogP contribution in [0.3, 0.4) is 0 Å². The van der Waals surface area contributed by atoms with Crippen molar-refractivity contribution in [1.29, 1.82) is 5.26 Å². The Hall–Kier alpha value is -4.62. The Morgan fingerprint density at radius 1 is 1.00 bits per heavy atom. The average molecular weight is 489 g/mol. The van der Waals surface area contributed by atoms with Crippen molar-refractivity contribution in [3.63, 3.8) is 0 Å². The van der Waals surface area contributed by atoms with E-state index in [1.807, 2.05) is 30.3 Å². The van der Waals surface area contributed by atoms with Gasteiger partial charge >= 0.3 is 0 Å². The lowest BCUT2D eigenvalue weighted by atomic mass is 10.0. The first-order chi connectivity index (χ1) is 17.0. The molecule has 0 unspecified atom stereocenters. The molecule has 1 atom stereocenters. The second kappa shape index (κ2) is 9.32. The Kier molecular flexibility index (Phi) is 5.91. The highest BCUT2D eigenvalue weighted by Crippen LogP contribution is 2.36. The molecule has 0 bridgehead atoms. The molecule has 0 saturated carbocycles. The number of H-pyrrole nitrogens is 1. The lowest BCUT2D eigenvalue weighted by molar-refractivity contribution is 0.480. The highest BCUT2D eigenvalue weighted by atomic mass is 35.5. The number of hydrogen-bond acceptors (Lipinski definition) is 7. The van der Waals surface area contributed by atoms with Gasteiger partial charge in [-0.1, -0.05) is 41.9 Å². The lowest BCUT2D eigenvalue weighted by Gasteiger charge is -2.20. The maximum Gasteiger partial charge on any atom is 0.249 e. The van der Waals surface area contributed by atoms with Crippen LogP contribution < -0.4 is 10.6 Å². The highest BCUT2D eigenvalue weighted by Gasteiger charge is 2.19. The van der Waals surface area contributed by atoms with Gasteiger partial charge in [0.25, 0.3) is 0 Å². The van der Waals surface area contributed by atoms with E-state index in [0.29, 0.717) is 33.0 Å². The van der Waals surface area contributed by atoms with Crippen LogP contribution in [0.1, 0.15) is 22.9 Å². The molecule has 0 radical (unpaired) electrons. The molecule has 0 aliphatic heterocycles. The first-order valence-electron chi connectivity index (χ1n) is 10.3. The van der Waals surface area contributed by atoms with Crippen LogP contribution in [0.25, 0.3) is 10.9 Å². The monoisotopic (exact) mass is 488 g/mol. The number of hydrogen-bond donors (Lipinski definition) is 3. The summed E-state index contributed by atoms with van der Waals surface area (Å²) in [5, 5.41) is 27.6. The molecule has 172 valence electrons. The molecular formula is C24H15ClF2N8. The zero-order valence-corrected chi connectivity index (χ0v) is 18.6. The minimum Gasteiger partial charge on any atom is -0.373 e. The molecule has 5 rings (SSSR count). The molecule has 5 aromatic rings. The van der Waals surface area contributed by atoms with E-state index >= 15 is 0 Å². The van der Waals surface area contributed by atoms with Gasteiger partial charge in [0.15, 0.2) is 5.82 Å². The molecule has 35 heavy (non-hydrogen) atoms. The highest BCUT2D eigenvalue weighted by molar-refractivity contribution is 6.36. The Labute approximate surface area is 202 Å². The second-order valence-electron chi connectivity index (χ2n) is 7.52. The van der Waals surface area contributed by atoms with Gasteiger partial charge in [-0.15, -0.1) is 0 Å². The van der Waals surface area contributed by atoms with Crippen LogP contribution in [-0.2, 0) is 0 Å². The zero-order valence-electron chi connectivity index (χ0n) is 17.8. The van der Waals surface area contributed by atoms with Gasteiger partial charge in [0.05, 0.1) is 45.9 Å². The van der Waals surface area contributed by atoms with Crippen LogP contribution in [0, 0.1) is 23.1 Å². The molecule has 3 heterocycles. The number of benzene rings is 2. The third-order valence-electron chi connectivity index (χ3n) is 5.28. The number of fused-ring (bicyclic) bond motifs is 1. The summed E-state index contributed by atoms with van der Waals surface area (Å²) in [6.45, 7) is 0. The van der Waals surface area contributed by atoms with Crippen molar-refractivity contribution >= 4 is 39.6 Å². The second-order valence-corrected chi connectivity index (χ2v) is 7.92. The molecular weight excluding hydrogens is 474 g/mol. The number of pyridine rings is 2. The van der Waals surface area contributed by atoms with Crippen LogP contribution in [0.15, 0.2) is 67.1 Å². The Morgan fingerprint density at radius 3 is 2.54 bits per heavy atom. The minimum atomic E-state index is -1.22. The first-order valence-corrected chi connectivity index (χ1v) is 10.7. The van der Waals surface area contributed by atoms with Gasteiger partial charge < -0.3 is 10.6 Å². The van der Waals surface area contributed by atoms with Gasteiger partial charge in [0.2, 0.25) is 5.95 Å². The molecule has 3 N–H and O–H groups in total. The fourth-order valence-electron chi connectivity index (χ4n) is 3.69. The molecule has 0 spiro atoms. The van der Waals surface area contributed by atoms with Gasteiger partial charge in [-0.3, -0.25) is 4.98 Å². The maximum atomic E-state index is 13.7. The number of nitriles is 1. The number of anilines is 3. The Bertz CT molecular complexity index is 1550. The number of aromatic amines is 1. The summed E-state index contributed by atoms with van der Waals surface area (Å²) >= 11 is 6.56. The summed E-state index contributed by atoms with van der Waals surface area (Å²) in [5.74, 6) is -2.34. The maximum absolute atomic E-state index is 13.7. The van der Waals surface area contributed by atoms with E-state index in [9.17, 15) is 14.0 Å². The third-order valence-corrected chi connectivity index (χ3v) is 5.57. The predicted octanol–water partition coefficient (Wildman–Crippen LogP) is 5.50. The molecule has 3 aromatic heterocycles. The summed E-state index contributed by atoms with van der Waals surface area (Å²) < 4.78 is 27.1. The van der Waals surface area contributed by atoms with Gasteiger partial charge in [0.1, 0.15) is 11.8 Å². The van der Waals surface area contributed by atoms with E-state index in [2.05, 4.69) is 42.1 Å². The summed E-state index contributed by atoms with van der Waals surface area (Å²) in [6, 6.07) is 15.8. The summed E-state index contributed by atoms with van der Waals surface area (Å²) in [4.78, 5) is 7.70. The molecule has 0 amide bonds. The van der Waals surface area contributed by atoms with Crippen molar-refractivity contribution in [1.82, 2.24) is 25.4 Å². The van der Waals surface area contributed by atoms with Crippen LogP contribution in [-0.4, -0.2) is 25.4 Å². The van der Waals surface area contributed by atoms with E-state index in [0.717, 1.165) is 17.8 Å². The molecule has 0 aliphatic rings. The fraction of sp³-hybridized carbons (Fsp3) is 0.0417. The summed E-state index contributed by atoms with van der Waals surface area (Å²) in [5.41, 5.74) is 3.30. The van der Waals surface area contributed by atoms with Crippen molar-refractivity contribution in [2.24, 2.45) is 0 Å². The Balaban J connectivity index is 1.61. The van der Waals surface area contributed by atoms with Gasteiger partial charge in [-0.25, -0.2) is 9.37 Å². The van der Waals surface area contributed by atoms with E-state index < -0.39 is 11.8 Å². The van der Waals surface area contributed by atoms with Gasteiger partial charge in [-0.05, 0) is 17.7 Å². The average Bonchev–Trinajstić information content (AvgIpc) is 3.40. The molecule has 2 aromatic carbocycles. The van der Waals surface area contributed by atoms with Crippen molar-refractivity contribution in [3.8, 4) is 6.07 Å². The van der Waals surface area contributed by atoms with E-state index in [-0.39, 0.29) is 17.3 Å². The Morgan fingerprint density at radius 2 is 1.83 bits per heavy atom. The SMILES string of the molecule is N#Cc1cnc2c(Cl)cc(N[C@@H](c3ccccc3)c3cn[nH]n3)cc2c1Nc1cnc(F)c(F)c1. The third kappa shape index (κ3) is 4.45. The number of halogens is 3. The number of aromatic nitrogens is 5. The smallest absolute Gasteiger partial charge is 0.249 e. The molecule has 11 heteroatoms. The van der Waals surface area contributed by atoms with Crippen molar-refractivity contribution < 1.29 is 8.78 Å². The van der Waals surface area contributed by atoms with Crippen LogP contribution in [0.5, 0.6) is 0 Å². The summed E-state index contributed by atoms with van der Waals surface area (Å²) in [7, 11) is 0. The van der Waals surface area contributed by atoms with Crippen LogP contribution in [0.2, 0.25) is 5.02 Å². The molecule has 8 nitrogen and oxygen atoms in total. The quantitative estimate of drug-likeness (QED) is 0.270. The normalized spacial score (nSPS) is 11.7. The zero-order chi connectivity index (χ0) is 24.4. The van der Waals surface area contributed by atoms with E-state index in [1.165, 1.54) is 6.20 Å². The summed E-state index contributed by atoms with van der Waals surface area (Å²) in [6.07, 6.45) is 4.11. The van der Waals surface area contributed by atoms with Crippen molar-refractivity contribution in [3.05, 3.63) is 101 Å².